The van der Waals surface area contributed by atoms with Gasteiger partial charge in [0.15, 0.2) is 0 Å². The smallest absolute Gasteiger partial charge is 0.0318 e. The molecule has 58 valence electrons. The molecule has 0 radical (unpaired) electrons. The minimum atomic E-state index is 0.996. The van der Waals surface area contributed by atoms with Crippen molar-refractivity contribution < 1.29 is 0 Å². The van der Waals surface area contributed by atoms with E-state index in [1.165, 1.54) is 32.1 Å². The van der Waals surface area contributed by atoms with Crippen LogP contribution < -0.4 is 0 Å². The van der Waals surface area contributed by atoms with Crippen LogP contribution in [0.25, 0.3) is 0 Å². The van der Waals surface area contributed by atoms with Gasteiger partial charge in [-0.2, -0.15) is 0 Å². The van der Waals surface area contributed by atoms with Gasteiger partial charge in [-0.05, 0) is 31.6 Å². The van der Waals surface area contributed by atoms with Crippen LogP contribution in [0.3, 0.4) is 0 Å². The Bertz CT molecular complexity index is 122. The average molecular weight is 138 g/mol. The van der Waals surface area contributed by atoms with Gasteiger partial charge < -0.3 is 0 Å². The zero-order valence-corrected chi connectivity index (χ0v) is 7.19. The fraction of sp³-hybridized carbons (Fsp3) is 0.800. The lowest BCUT2D eigenvalue weighted by Gasteiger charge is -2.19. The molecule has 1 atom stereocenters. The summed E-state index contributed by atoms with van der Waals surface area (Å²) in [4.78, 5) is 0. The zero-order chi connectivity index (χ0) is 7.40. The molecule has 0 heterocycles. The fourth-order valence-electron chi connectivity index (χ4n) is 1.63. The van der Waals surface area contributed by atoms with E-state index in [9.17, 15) is 0 Å². The van der Waals surface area contributed by atoms with E-state index in [0.29, 0.717) is 0 Å². The normalized spacial score (nSPS) is 26.2. The van der Waals surface area contributed by atoms with Gasteiger partial charge in [-0.3, -0.25) is 0 Å². The third-order valence-electron chi connectivity index (χ3n) is 2.65. The SMILES string of the molecule is CCC1=CCC(CC)CC1. The van der Waals surface area contributed by atoms with Gasteiger partial charge in [-0.15, -0.1) is 0 Å². The number of hydrogen-bond acceptors (Lipinski definition) is 0. The topological polar surface area (TPSA) is 0 Å². The van der Waals surface area contributed by atoms with Crippen molar-refractivity contribution in [3.63, 3.8) is 0 Å². The lowest BCUT2D eigenvalue weighted by atomic mass is 9.87. The summed E-state index contributed by atoms with van der Waals surface area (Å²) >= 11 is 0. The lowest BCUT2D eigenvalue weighted by molar-refractivity contribution is 0.452. The second kappa shape index (κ2) is 3.80. The summed E-state index contributed by atoms with van der Waals surface area (Å²) in [6.07, 6.45) is 9.26. The average Bonchev–Trinajstić information content (AvgIpc) is 2.05. The standard InChI is InChI=1S/C10H18/c1-3-9-5-7-10(4-2)8-6-9/h5,10H,3-4,6-8H2,1-2H3. The summed E-state index contributed by atoms with van der Waals surface area (Å²) in [6.45, 7) is 4.56. The second-order valence-corrected chi connectivity index (χ2v) is 3.26. The van der Waals surface area contributed by atoms with Crippen LogP contribution in [0.15, 0.2) is 11.6 Å². The van der Waals surface area contributed by atoms with E-state index in [-0.39, 0.29) is 0 Å². The van der Waals surface area contributed by atoms with Gasteiger partial charge in [-0.25, -0.2) is 0 Å². The summed E-state index contributed by atoms with van der Waals surface area (Å²) in [5.74, 6) is 0.996. The van der Waals surface area contributed by atoms with Crippen molar-refractivity contribution in [2.45, 2.75) is 46.0 Å². The van der Waals surface area contributed by atoms with Crippen LogP contribution in [-0.4, -0.2) is 0 Å². The summed E-state index contributed by atoms with van der Waals surface area (Å²) in [5.41, 5.74) is 1.68. The van der Waals surface area contributed by atoms with Gasteiger partial charge in [-0.1, -0.05) is 31.9 Å². The first-order valence-corrected chi connectivity index (χ1v) is 4.54. The molecule has 0 amide bonds. The van der Waals surface area contributed by atoms with E-state index in [2.05, 4.69) is 19.9 Å². The predicted molar refractivity (Wildman–Crippen MR) is 46.0 cm³/mol. The van der Waals surface area contributed by atoms with Gasteiger partial charge in [0, 0.05) is 0 Å². The number of allylic oxidation sites excluding steroid dienone is 2. The molecule has 0 spiro atoms. The molecule has 0 heteroatoms. The molecule has 0 N–H and O–H groups in total. The summed E-state index contributed by atoms with van der Waals surface area (Å²) < 4.78 is 0. The van der Waals surface area contributed by atoms with Crippen molar-refractivity contribution in [3.05, 3.63) is 11.6 Å². The Morgan fingerprint density at radius 2 is 2.30 bits per heavy atom. The van der Waals surface area contributed by atoms with Crippen molar-refractivity contribution >= 4 is 0 Å². The van der Waals surface area contributed by atoms with Crippen LogP contribution >= 0.6 is 0 Å². The van der Waals surface area contributed by atoms with Crippen LogP contribution in [0.1, 0.15) is 46.0 Å². The highest BCUT2D eigenvalue weighted by molar-refractivity contribution is 5.05. The highest BCUT2D eigenvalue weighted by Gasteiger charge is 2.10. The van der Waals surface area contributed by atoms with Crippen LogP contribution in [0.4, 0.5) is 0 Å². The highest BCUT2D eigenvalue weighted by Crippen LogP contribution is 2.26. The van der Waals surface area contributed by atoms with Crippen LogP contribution in [0, 0.1) is 5.92 Å². The summed E-state index contributed by atoms with van der Waals surface area (Å²) in [7, 11) is 0. The molecular formula is C10H18. The first kappa shape index (κ1) is 7.84. The third kappa shape index (κ3) is 1.86. The minimum absolute atomic E-state index is 0.996. The number of hydrogen-bond donors (Lipinski definition) is 0. The zero-order valence-electron chi connectivity index (χ0n) is 7.19. The molecule has 0 aromatic rings. The molecule has 1 unspecified atom stereocenters. The van der Waals surface area contributed by atoms with Crippen molar-refractivity contribution in [2.75, 3.05) is 0 Å². The van der Waals surface area contributed by atoms with Crippen molar-refractivity contribution in [1.82, 2.24) is 0 Å². The molecule has 0 aromatic heterocycles. The molecule has 1 aliphatic rings. The van der Waals surface area contributed by atoms with Gasteiger partial charge in [0.1, 0.15) is 0 Å². The van der Waals surface area contributed by atoms with Crippen LogP contribution in [-0.2, 0) is 0 Å². The molecule has 1 rings (SSSR count). The van der Waals surface area contributed by atoms with E-state index >= 15 is 0 Å². The molecule has 0 bridgehead atoms. The Kier molecular flexibility index (Phi) is 2.98. The van der Waals surface area contributed by atoms with E-state index < -0.39 is 0 Å². The van der Waals surface area contributed by atoms with E-state index in [0.717, 1.165) is 5.92 Å². The Balaban J connectivity index is 2.36. The lowest BCUT2D eigenvalue weighted by Crippen LogP contribution is -2.03. The van der Waals surface area contributed by atoms with Gasteiger partial charge in [0.2, 0.25) is 0 Å². The molecule has 0 aromatic carbocycles. The van der Waals surface area contributed by atoms with Crippen molar-refractivity contribution in [2.24, 2.45) is 5.92 Å². The highest BCUT2D eigenvalue weighted by atomic mass is 14.2. The molecule has 0 saturated heterocycles. The van der Waals surface area contributed by atoms with Crippen molar-refractivity contribution in [3.8, 4) is 0 Å². The maximum Gasteiger partial charge on any atom is -0.0318 e. The maximum absolute atomic E-state index is 2.46. The molecule has 0 nitrogen and oxygen atoms in total. The van der Waals surface area contributed by atoms with Gasteiger partial charge in [0.25, 0.3) is 0 Å². The van der Waals surface area contributed by atoms with E-state index in [4.69, 9.17) is 0 Å². The quantitative estimate of drug-likeness (QED) is 0.512. The summed E-state index contributed by atoms with van der Waals surface area (Å²) in [5, 5.41) is 0. The van der Waals surface area contributed by atoms with Gasteiger partial charge in [0.05, 0.1) is 0 Å². The first-order valence-electron chi connectivity index (χ1n) is 4.54. The Morgan fingerprint density at radius 1 is 1.50 bits per heavy atom. The Labute approximate surface area is 64.3 Å². The van der Waals surface area contributed by atoms with E-state index in [1.54, 1.807) is 5.57 Å². The molecular weight excluding hydrogens is 120 g/mol. The van der Waals surface area contributed by atoms with Crippen LogP contribution in [0.5, 0.6) is 0 Å². The fourth-order valence-corrected chi connectivity index (χ4v) is 1.63. The molecule has 0 saturated carbocycles. The Morgan fingerprint density at radius 3 is 2.70 bits per heavy atom. The van der Waals surface area contributed by atoms with Crippen molar-refractivity contribution in [1.29, 1.82) is 0 Å². The molecule has 10 heavy (non-hydrogen) atoms. The predicted octanol–water partition coefficient (Wildman–Crippen LogP) is 3.53. The summed E-state index contributed by atoms with van der Waals surface area (Å²) in [6, 6.07) is 0. The first-order chi connectivity index (χ1) is 4.86. The van der Waals surface area contributed by atoms with Gasteiger partial charge >= 0.3 is 0 Å². The van der Waals surface area contributed by atoms with E-state index in [1.807, 2.05) is 0 Å². The molecule has 0 aliphatic heterocycles. The van der Waals surface area contributed by atoms with Crippen LogP contribution in [0.2, 0.25) is 0 Å². The second-order valence-electron chi connectivity index (χ2n) is 3.26. The minimum Gasteiger partial charge on any atom is -0.0851 e. The third-order valence-corrected chi connectivity index (χ3v) is 2.65. The largest absolute Gasteiger partial charge is 0.0851 e. The monoisotopic (exact) mass is 138 g/mol. The number of rotatable bonds is 2. The molecule has 1 aliphatic carbocycles. The maximum atomic E-state index is 2.46. The molecule has 0 fully saturated rings. The Hall–Kier alpha value is -0.260.